The zero-order valence-electron chi connectivity index (χ0n) is 11.4. The third kappa shape index (κ3) is 3.47. The molecule has 3 atom stereocenters. The third-order valence-electron chi connectivity index (χ3n) is 4.12. The van der Waals surface area contributed by atoms with Gasteiger partial charge in [0.05, 0.1) is 6.04 Å². The number of rotatable bonds is 4. The number of hydrogen-bond donors (Lipinski definition) is 3. The minimum atomic E-state index is -0.943. The maximum atomic E-state index is 12.2. The predicted molar refractivity (Wildman–Crippen MR) is 70.7 cm³/mol. The molecule has 0 aliphatic carbocycles. The molecule has 0 aromatic carbocycles. The molecule has 2 saturated heterocycles. The first-order valence-corrected chi connectivity index (χ1v) is 7.03. The standard InChI is InChI=1S/C13H21N3O4/c14-9(2-4-12(18)19)13(20)16-6-5-10-8(7-16)1-3-11(17)15-10/h8-10H,1-7,14H2,(H,15,17)(H,18,19). The minimum absolute atomic E-state index is 0.0872. The number of carbonyl (C=O) groups excluding carboxylic acids is 2. The molecule has 0 spiro atoms. The molecule has 20 heavy (non-hydrogen) atoms. The molecule has 112 valence electrons. The van der Waals surface area contributed by atoms with Crippen molar-refractivity contribution in [2.75, 3.05) is 13.1 Å². The number of nitrogens with one attached hydrogen (secondary N) is 1. The summed E-state index contributed by atoms with van der Waals surface area (Å²) in [6.45, 7) is 1.17. The molecule has 7 heteroatoms. The number of carboxylic acid groups (broad SMARTS) is 1. The largest absolute Gasteiger partial charge is 0.481 e. The van der Waals surface area contributed by atoms with E-state index in [1.807, 2.05) is 0 Å². The van der Waals surface area contributed by atoms with Gasteiger partial charge in [-0.1, -0.05) is 0 Å². The van der Waals surface area contributed by atoms with E-state index in [0.29, 0.717) is 19.5 Å². The van der Waals surface area contributed by atoms with Crippen molar-refractivity contribution in [3.63, 3.8) is 0 Å². The van der Waals surface area contributed by atoms with Crippen molar-refractivity contribution in [3.8, 4) is 0 Å². The van der Waals surface area contributed by atoms with Crippen LogP contribution in [0, 0.1) is 5.92 Å². The van der Waals surface area contributed by atoms with Gasteiger partial charge in [-0.2, -0.15) is 0 Å². The van der Waals surface area contributed by atoms with Crippen LogP contribution >= 0.6 is 0 Å². The van der Waals surface area contributed by atoms with Crippen LogP contribution < -0.4 is 11.1 Å². The average Bonchev–Trinajstić information content (AvgIpc) is 2.43. The van der Waals surface area contributed by atoms with Crippen LogP contribution in [0.25, 0.3) is 0 Å². The number of nitrogens with two attached hydrogens (primary N) is 1. The van der Waals surface area contributed by atoms with Crippen LogP contribution in [0.2, 0.25) is 0 Å². The quantitative estimate of drug-likeness (QED) is 0.632. The number of aliphatic carboxylic acids is 1. The van der Waals surface area contributed by atoms with E-state index in [0.717, 1.165) is 12.8 Å². The van der Waals surface area contributed by atoms with E-state index in [9.17, 15) is 14.4 Å². The summed E-state index contributed by atoms with van der Waals surface area (Å²) < 4.78 is 0. The summed E-state index contributed by atoms with van der Waals surface area (Å²) in [7, 11) is 0. The molecule has 2 aliphatic heterocycles. The number of likely N-dealkylation sites (tertiary alicyclic amines) is 1. The van der Waals surface area contributed by atoms with Gasteiger partial charge in [0.15, 0.2) is 0 Å². The number of amides is 2. The summed E-state index contributed by atoms with van der Waals surface area (Å²) in [6, 6.07) is -0.587. The van der Waals surface area contributed by atoms with E-state index in [-0.39, 0.29) is 36.6 Å². The summed E-state index contributed by atoms with van der Waals surface area (Å²) >= 11 is 0. The number of fused-ring (bicyclic) bond motifs is 1. The van der Waals surface area contributed by atoms with Gasteiger partial charge in [-0.15, -0.1) is 0 Å². The second-order valence-electron chi connectivity index (χ2n) is 5.58. The fourth-order valence-electron chi connectivity index (χ4n) is 2.95. The zero-order chi connectivity index (χ0) is 14.7. The van der Waals surface area contributed by atoms with Gasteiger partial charge in [0.25, 0.3) is 0 Å². The monoisotopic (exact) mass is 283 g/mol. The van der Waals surface area contributed by atoms with Crippen molar-refractivity contribution in [1.29, 1.82) is 0 Å². The molecule has 7 nitrogen and oxygen atoms in total. The summed E-state index contributed by atoms with van der Waals surface area (Å²) in [5.41, 5.74) is 5.76. The lowest BCUT2D eigenvalue weighted by Gasteiger charge is -2.42. The Hall–Kier alpha value is -1.63. The van der Waals surface area contributed by atoms with Crippen molar-refractivity contribution in [1.82, 2.24) is 10.2 Å². The molecule has 3 unspecified atom stereocenters. The highest BCUT2D eigenvalue weighted by Crippen LogP contribution is 2.25. The minimum Gasteiger partial charge on any atom is -0.481 e. The second-order valence-corrected chi connectivity index (χ2v) is 5.58. The summed E-state index contributed by atoms with van der Waals surface area (Å²) in [4.78, 5) is 35.7. The first kappa shape index (κ1) is 14.8. The predicted octanol–water partition coefficient (Wildman–Crippen LogP) is -0.694. The lowest BCUT2D eigenvalue weighted by molar-refractivity contribution is -0.138. The van der Waals surface area contributed by atoms with Crippen LogP contribution in [-0.2, 0) is 14.4 Å². The summed E-state index contributed by atoms with van der Waals surface area (Å²) in [5, 5.41) is 11.6. The Morgan fingerprint density at radius 2 is 2.20 bits per heavy atom. The lowest BCUT2D eigenvalue weighted by atomic mass is 9.85. The number of hydrogen-bond acceptors (Lipinski definition) is 4. The third-order valence-corrected chi connectivity index (χ3v) is 4.12. The molecule has 0 saturated carbocycles. The Morgan fingerprint density at radius 3 is 2.90 bits per heavy atom. The Balaban J connectivity index is 1.86. The molecular formula is C13H21N3O4. The van der Waals surface area contributed by atoms with E-state index in [4.69, 9.17) is 10.8 Å². The SMILES string of the molecule is NC(CCC(=O)O)C(=O)N1CCC2NC(=O)CCC2C1. The number of nitrogens with zero attached hydrogens (tertiary/aromatic N) is 1. The fraction of sp³-hybridized carbons (Fsp3) is 0.769. The highest BCUT2D eigenvalue weighted by molar-refractivity contribution is 5.82. The molecular weight excluding hydrogens is 262 g/mol. The van der Waals surface area contributed by atoms with Gasteiger partial charge in [-0.05, 0) is 25.2 Å². The van der Waals surface area contributed by atoms with Gasteiger partial charge < -0.3 is 21.1 Å². The normalized spacial score (nSPS) is 27.4. The number of carboxylic acids is 1. The van der Waals surface area contributed by atoms with Crippen LogP contribution in [0.4, 0.5) is 0 Å². The maximum absolute atomic E-state index is 12.2. The van der Waals surface area contributed by atoms with Crippen molar-refractivity contribution in [3.05, 3.63) is 0 Å². The van der Waals surface area contributed by atoms with Crippen LogP contribution in [0.15, 0.2) is 0 Å². The smallest absolute Gasteiger partial charge is 0.303 e. The molecule has 2 amide bonds. The molecule has 2 heterocycles. The van der Waals surface area contributed by atoms with Crippen molar-refractivity contribution < 1.29 is 19.5 Å². The molecule has 2 aliphatic rings. The van der Waals surface area contributed by atoms with Gasteiger partial charge in [-0.3, -0.25) is 14.4 Å². The van der Waals surface area contributed by atoms with Crippen LogP contribution in [0.5, 0.6) is 0 Å². The maximum Gasteiger partial charge on any atom is 0.303 e. The number of carbonyl (C=O) groups is 3. The van der Waals surface area contributed by atoms with E-state index in [2.05, 4.69) is 5.32 Å². The lowest BCUT2D eigenvalue weighted by Crippen LogP contribution is -2.57. The van der Waals surface area contributed by atoms with Crippen molar-refractivity contribution in [2.45, 2.75) is 44.2 Å². The van der Waals surface area contributed by atoms with Gasteiger partial charge >= 0.3 is 5.97 Å². The Kier molecular flexibility index (Phi) is 4.59. The Labute approximate surface area is 117 Å². The van der Waals surface area contributed by atoms with Gasteiger partial charge in [0.1, 0.15) is 0 Å². The molecule has 0 aromatic heterocycles. The van der Waals surface area contributed by atoms with Gasteiger partial charge in [0, 0.05) is 32.0 Å². The summed E-state index contributed by atoms with van der Waals surface area (Å²) in [5.74, 6) is -0.746. The highest BCUT2D eigenvalue weighted by Gasteiger charge is 2.36. The van der Waals surface area contributed by atoms with Crippen molar-refractivity contribution >= 4 is 17.8 Å². The van der Waals surface area contributed by atoms with E-state index in [1.54, 1.807) is 4.90 Å². The van der Waals surface area contributed by atoms with E-state index >= 15 is 0 Å². The zero-order valence-corrected chi connectivity index (χ0v) is 11.4. The van der Waals surface area contributed by atoms with E-state index < -0.39 is 12.0 Å². The van der Waals surface area contributed by atoms with Crippen molar-refractivity contribution in [2.24, 2.45) is 11.7 Å². The molecule has 2 rings (SSSR count). The first-order chi connectivity index (χ1) is 9.47. The Bertz CT molecular complexity index is 412. The number of piperidine rings is 2. The molecule has 4 N–H and O–H groups in total. The molecule has 0 aromatic rings. The van der Waals surface area contributed by atoms with Crippen LogP contribution in [-0.4, -0.2) is 53.0 Å². The van der Waals surface area contributed by atoms with Crippen LogP contribution in [0.1, 0.15) is 32.1 Å². The van der Waals surface area contributed by atoms with E-state index in [1.165, 1.54) is 0 Å². The Morgan fingerprint density at radius 1 is 1.45 bits per heavy atom. The van der Waals surface area contributed by atoms with Gasteiger partial charge in [-0.25, -0.2) is 0 Å². The molecule has 2 fully saturated rings. The highest BCUT2D eigenvalue weighted by atomic mass is 16.4. The molecule has 0 bridgehead atoms. The first-order valence-electron chi connectivity index (χ1n) is 7.03. The molecule has 0 radical (unpaired) electrons. The second kappa shape index (κ2) is 6.21. The van der Waals surface area contributed by atoms with Crippen LogP contribution in [0.3, 0.4) is 0 Å². The average molecular weight is 283 g/mol. The topological polar surface area (TPSA) is 113 Å². The fourth-order valence-corrected chi connectivity index (χ4v) is 2.95. The summed E-state index contributed by atoms with van der Waals surface area (Å²) in [6.07, 6.45) is 2.12. The van der Waals surface area contributed by atoms with Gasteiger partial charge in [0.2, 0.25) is 11.8 Å².